The molecule has 2 heterocycles. The maximum absolute atomic E-state index is 11.8. The quantitative estimate of drug-likeness (QED) is 0.139. The zero-order chi connectivity index (χ0) is 19.3. The Morgan fingerprint density at radius 2 is 2.14 bits per heavy atom. The van der Waals surface area contributed by atoms with E-state index in [1.807, 2.05) is 18.6 Å². The van der Waals surface area contributed by atoms with Crippen LogP contribution in [0.5, 0.6) is 0 Å². The van der Waals surface area contributed by atoms with Gasteiger partial charge in [-0.1, -0.05) is 18.7 Å². The molecule has 1 amide bonds. The van der Waals surface area contributed by atoms with Gasteiger partial charge in [0, 0.05) is 56.6 Å². The molecule has 1 aliphatic heterocycles. The number of aliphatic imine (C=N–C) groups is 1. The second-order valence-electron chi connectivity index (χ2n) is 6.54. The second kappa shape index (κ2) is 15.3. The smallest absolute Gasteiger partial charge is 0.234 e. The van der Waals surface area contributed by atoms with Crippen LogP contribution in [0.3, 0.4) is 0 Å². The summed E-state index contributed by atoms with van der Waals surface area (Å²) in [5, 5.41) is 11.9. The van der Waals surface area contributed by atoms with Gasteiger partial charge in [-0.2, -0.15) is 0 Å². The van der Waals surface area contributed by atoms with Crippen LogP contribution >= 0.6 is 47.1 Å². The molecule has 3 N–H and O–H groups in total. The van der Waals surface area contributed by atoms with Crippen LogP contribution in [-0.2, 0) is 4.79 Å². The first-order valence-corrected chi connectivity index (χ1v) is 11.6. The van der Waals surface area contributed by atoms with Crippen LogP contribution in [0.25, 0.3) is 0 Å². The lowest BCUT2D eigenvalue weighted by Gasteiger charge is -2.32. The number of nitrogens with zero attached hydrogens (tertiary/aromatic N) is 3. The number of likely N-dealkylation sites (tertiary alicyclic amines) is 1. The third-order valence-electron chi connectivity index (χ3n) is 4.34. The number of carbonyl (C=O) groups excluding carboxylic acids is 1. The topological polar surface area (TPSA) is 81.7 Å². The molecule has 0 aliphatic carbocycles. The van der Waals surface area contributed by atoms with E-state index in [0.717, 1.165) is 67.9 Å². The highest BCUT2D eigenvalue weighted by Crippen LogP contribution is 2.20. The molecule has 1 aromatic rings. The molecule has 1 aliphatic rings. The van der Waals surface area contributed by atoms with Gasteiger partial charge in [0.2, 0.25) is 5.91 Å². The number of carbonyl (C=O) groups is 1. The first kappa shape index (κ1) is 25.4. The summed E-state index contributed by atoms with van der Waals surface area (Å²) in [4.78, 5) is 22.7. The minimum atomic E-state index is 0. The summed E-state index contributed by atoms with van der Waals surface area (Å²) in [6.45, 7) is 6.13. The summed E-state index contributed by atoms with van der Waals surface area (Å²) < 4.78 is 1.13. The zero-order valence-corrected chi connectivity index (χ0v) is 20.7. The van der Waals surface area contributed by atoms with Crippen molar-refractivity contribution in [1.29, 1.82) is 0 Å². The van der Waals surface area contributed by atoms with Gasteiger partial charge in [0.05, 0.1) is 6.54 Å². The molecule has 0 aromatic carbocycles. The van der Waals surface area contributed by atoms with E-state index in [-0.39, 0.29) is 29.9 Å². The molecule has 2 rings (SSSR count). The third-order valence-corrected chi connectivity index (χ3v) is 6.39. The third kappa shape index (κ3) is 10.3. The van der Waals surface area contributed by atoms with Crippen LogP contribution < -0.4 is 16.0 Å². The number of hydrogen-bond acceptors (Lipinski definition) is 6. The van der Waals surface area contributed by atoms with Crippen molar-refractivity contribution in [3.8, 4) is 0 Å². The molecule has 0 unspecified atom stereocenters. The van der Waals surface area contributed by atoms with E-state index >= 15 is 0 Å². The lowest BCUT2D eigenvalue weighted by molar-refractivity contribution is -0.122. The molecule has 1 aromatic heterocycles. The Balaban J connectivity index is 0.00000392. The fourth-order valence-corrected chi connectivity index (χ4v) is 4.51. The van der Waals surface area contributed by atoms with Gasteiger partial charge in [-0.25, -0.2) is 4.98 Å². The molecule has 1 saturated heterocycles. The normalized spacial score (nSPS) is 15.7. The van der Waals surface area contributed by atoms with Crippen LogP contribution in [0.2, 0.25) is 0 Å². The van der Waals surface area contributed by atoms with E-state index in [1.165, 1.54) is 0 Å². The van der Waals surface area contributed by atoms with E-state index in [0.29, 0.717) is 12.6 Å². The van der Waals surface area contributed by atoms with Crippen LogP contribution in [0.15, 0.2) is 20.9 Å². The molecule has 0 spiro atoms. The molecule has 10 heteroatoms. The van der Waals surface area contributed by atoms with Gasteiger partial charge in [0.1, 0.15) is 4.34 Å². The number of amides is 1. The maximum Gasteiger partial charge on any atom is 0.234 e. The first-order chi connectivity index (χ1) is 13.2. The standard InChI is InChI=1S/C18H32N6OS2.HI/c1-3-7-20-16(25)14-24-10-5-15(6-11-24)23-17(19-2)21-8-4-12-26-18-22-9-13-27-18;/h9,13,15H,3-8,10-12,14H2,1-2H3,(H,20,25)(H2,19,21,23);1H. The summed E-state index contributed by atoms with van der Waals surface area (Å²) >= 11 is 3.49. The number of nitrogens with one attached hydrogen (secondary N) is 3. The number of rotatable bonds is 10. The molecule has 7 nitrogen and oxygen atoms in total. The van der Waals surface area contributed by atoms with Gasteiger partial charge in [-0.05, 0) is 25.7 Å². The van der Waals surface area contributed by atoms with E-state index in [2.05, 4.69) is 37.8 Å². The number of aromatic nitrogens is 1. The van der Waals surface area contributed by atoms with E-state index in [9.17, 15) is 4.79 Å². The van der Waals surface area contributed by atoms with Gasteiger partial charge in [-0.3, -0.25) is 14.7 Å². The van der Waals surface area contributed by atoms with Crippen molar-refractivity contribution in [3.63, 3.8) is 0 Å². The van der Waals surface area contributed by atoms with Crippen LogP contribution in [0.4, 0.5) is 0 Å². The lowest BCUT2D eigenvalue weighted by Crippen LogP contribution is -2.50. The highest BCUT2D eigenvalue weighted by Gasteiger charge is 2.21. The minimum Gasteiger partial charge on any atom is -0.356 e. The fraction of sp³-hybridized carbons (Fsp3) is 0.722. The molecule has 1 fully saturated rings. The summed E-state index contributed by atoms with van der Waals surface area (Å²) in [6.07, 6.45) is 5.95. The number of piperidine rings is 1. The molecule has 0 bridgehead atoms. The summed E-state index contributed by atoms with van der Waals surface area (Å²) in [6, 6.07) is 0.413. The lowest BCUT2D eigenvalue weighted by atomic mass is 10.1. The maximum atomic E-state index is 11.8. The average Bonchev–Trinajstić information content (AvgIpc) is 3.20. The first-order valence-electron chi connectivity index (χ1n) is 9.69. The van der Waals surface area contributed by atoms with Gasteiger partial charge >= 0.3 is 0 Å². The Labute approximate surface area is 193 Å². The van der Waals surface area contributed by atoms with Crippen molar-refractivity contribution < 1.29 is 4.79 Å². The van der Waals surface area contributed by atoms with Crippen molar-refractivity contribution in [2.45, 2.75) is 43.0 Å². The van der Waals surface area contributed by atoms with Crippen LogP contribution in [0.1, 0.15) is 32.6 Å². The number of hydrogen-bond donors (Lipinski definition) is 3. The van der Waals surface area contributed by atoms with Crippen LogP contribution in [0, 0.1) is 0 Å². The van der Waals surface area contributed by atoms with Crippen molar-refractivity contribution in [3.05, 3.63) is 11.6 Å². The van der Waals surface area contributed by atoms with E-state index in [4.69, 9.17) is 0 Å². The summed E-state index contributed by atoms with van der Waals surface area (Å²) in [5.41, 5.74) is 0. The van der Waals surface area contributed by atoms with Gasteiger partial charge in [0.25, 0.3) is 0 Å². The molecule has 0 radical (unpaired) electrons. The Morgan fingerprint density at radius 3 is 2.79 bits per heavy atom. The molecule has 0 atom stereocenters. The molecule has 28 heavy (non-hydrogen) atoms. The van der Waals surface area contributed by atoms with E-state index < -0.39 is 0 Å². The second-order valence-corrected chi connectivity index (χ2v) is 8.78. The van der Waals surface area contributed by atoms with Gasteiger partial charge in [-0.15, -0.1) is 35.3 Å². The Morgan fingerprint density at radius 1 is 1.36 bits per heavy atom. The Hall–Kier alpha value is -0.590. The Bertz CT molecular complexity index is 564. The minimum absolute atomic E-state index is 0. The zero-order valence-electron chi connectivity index (χ0n) is 16.8. The predicted molar refractivity (Wildman–Crippen MR) is 130 cm³/mol. The number of halogens is 1. The molecule has 160 valence electrons. The van der Waals surface area contributed by atoms with Gasteiger partial charge in [0.15, 0.2) is 5.96 Å². The Kier molecular flexibility index (Phi) is 13.9. The largest absolute Gasteiger partial charge is 0.356 e. The monoisotopic (exact) mass is 540 g/mol. The number of thioether (sulfide) groups is 1. The van der Waals surface area contributed by atoms with Crippen molar-refractivity contribution in [1.82, 2.24) is 25.8 Å². The number of thiazole rings is 1. The SMILES string of the molecule is CCCNC(=O)CN1CCC(NC(=NC)NCCCSc2nccs2)CC1.I. The molecular formula is C18H33IN6OS2. The van der Waals surface area contributed by atoms with Gasteiger partial charge < -0.3 is 16.0 Å². The highest BCUT2D eigenvalue weighted by molar-refractivity contribution is 14.0. The predicted octanol–water partition coefficient (Wildman–Crippen LogP) is 2.40. The average molecular weight is 541 g/mol. The van der Waals surface area contributed by atoms with Crippen LogP contribution in [-0.4, -0.2) is 73.3 Å². The van der Waals surface area contributed by atoms with Crippen molar-refractivity contribution >= 4 is 58.9 Å². The summed E-state index contributed by atoms with van der Waals surface area (Å²) in [5.74, 6) is 2.06. The van der Waals surface area contributed by atoms with Crippen molar-refractivity contribution in [2.24, 2.45) is 4.99 Å². The fourth-order valence-electron chi connectivity index (χ4n) is 2.87. The highest BCUT2D eigenvalue weighted by atomic mass is 127. The van der Waals surface area contributed by atoms with E-state index in [1.54, 1.807) is 23.1 Å². The summed E-state index contributed by atoms with van der Waals surface area (Å²) in [7, 11) is 1.81. The number of guanidine groups is 1. The molecule has 0 saturated carbocycles. The van der Waals surface area contributed by atoms with Crippen molar-refractivity contribution in [2.75, 3.05) is 45.5 Å². The molecular weight excluding hydrogens is 507 g/mol.